The molecular weight excluding hydrogens is 451 g/mol. The van der Waals surface area contributed by atoms with E-state index in [1.165, 1.54) is 25.3 Å². The third-order valence-electron chi connectivity index (χ3n) is 4.78. The molecule has 4 rings (SSSR count). The van der Waals surface area contributed by atoms with Gasteiger partial charge in [0.25, 0.3) is 5.91 Å². The van der Waals surface area contributed by atoms with E-state index >= 15 is 0 Å². The molecule has 3 amide bonds. The van der Waals surface area contributed by atoms with Gasteiger partial charge in [-0.05, 0) is 29.8 Å². The molecule has 168 valence electrons. The number of nitrogens with zero attached hydrogens (tertiary/aromatic N) is 1. The van der Waals surface area contributed by atoms with Crippen LogP contribution in [-0.2, 0) is 14.3 Å². The van der Waals surface area contributed by atoms with Crippen LogP contribution in [0.1, 0.15) is 27.3 Å². The van der Waals surface area contributed by atoms with Gasteiger partial charge in [-0.3, -0.25) is 14.4 Å². The van der Waals surface area contributed by atoms with Gasteiger partial charge in [-0.25, -0.2) is 14.2 Å². The highest BCUT2D eigenvalue weighted by Crippen LogP contribution is 2.34. The Morgan fingerprint density at radius 3 is 2.73 bits per heavy atom. The first kappa shape index (κ1) is 22.1. The molecule has 0 unspecified atom stereocenters. The summed E-state index contributed by atoms with van der Waals surface area (Å²) >= 11 is 0.952. The highest BCUT2D eigenvalue weighted by Gasteiger charge is 2.30. The number of fused-ring (bicyclic) bond motifs is 1. The van der Waals surface area contributed by atoms with Gasteiger partial charge in [-0.15, -0.1) is 0 Å². The summed E-state index contributed by atoms with van der Waals surface area (Å²) in [6, 6.07) is 10.9. The number of para-hydroxylation sites is 1. The summed E-state index contributed by atoms with van der Waals surface area (Å²) in [5.74, 6) is -2.90. The number of rotatable bonds is 5. The zero-order chi connectivity index (χ0) is 23.5. The van der Waals surface area contributed by atoms with Gasteiger partial charge in [-0.1, -0.05) is 35.6 Å². The van der Waals surface area contributed by atoms with Crippen molar-refractivity contribution in [1.82, 2.24) is 10.3 Å². The molecule has 11 heteroatoms. The fourth-order valence-corrected chi connectivity index (χ4v) is 4.21. The summed E-state index contributed by atoms with van der Waals surface area (Å²) in [6.07, 6.45) is -0.367. The quantitative estimate of drug-likeness (QED) is 0.495. The minimum absolute atomic E-state index is 0.0586. The molecule has 3 N–H and O–H groups in total. The van der Waals surface area contributed by atoms with Gasteiger partial charge in [0.15, 0.2) is 10.8 Å². The molecule has 0 spiro atoms. The fraction of sp³-hybridized carbons (Fsp3) is 0.136. The Morgan fingerprint density at radius 1 is 1.18 bits per heavy atom. The van der Waals surface area contributed by atoms with Gasteiger partial charge >= 0.3 is 5.97 Å². The maximum absolute atomic E-state index is 13.7. The van der Waals surface area contributed by atoms with Crippen LogP contribution in [0.2, 0.25) is 0 Å². The van der Waals surface area contributed by atoms with Crippen molar-refractivity contribution in [3.05, 3.63) is 65.6 Å². The fourth-order valence-electron chi connectivity index (χ4n) is 3.24. The SMILES string of the molecule is COC(=O)c1nc(NC(=O)C[C@H]2NC(=O)c3ccccc3NC2=O)sc1-c1cccc(F)c1. The average molecular weight is 468 g/mol. The van der Waals surface area contributed by atoms with Crippen molar-refractivity contribution in [2.75, 3.05) is 17.7 Å². The molecule has 33 heavy (non-hydrogen) atoms. The van der Waals surface area contributed by atoms with E-state index in [1.54, 1.807) is 30.3 Å². The lowest BCUT2D eigenvalue weighted by molar-refractivity contribution is -0.122. The van der Waals surface area contributed by atoms with Crippen LogP contribution < -0.4 is 16.0 Å². The van der Waals surface area contributed by atoms with Gasteiger partial charge in [0, 0.05) is 0 Å². The predicted molar refractivity (Wildman–Crippen MR) is 118 cm³/mol. The zero-order valence-electron chi connectivity index (χ0n) is 17.2. The number of nitrogens with one attached hydrogen (secondary N) is 3. The summed E-state index contributed by atoms with van der Waals surface area (Å²) in [5, 5.41) is 7.74. The minimum atomic E-state index is -1.12. The maximum Gasteiger partial charge on any atom is 0.358 e. The molecular formula is C22H17FN4O5S. The Morgan fingerprint density at radius 2 is 1.97 bits per heavy atom. The number of methoxy groups -OCH3 is 1. The second-order valence-electron chi connectivity index (χ2n) is 7.01. The van der Waals surface area contributed by atoms with E-state index in [9.17, 15) is 23.6 Å². The van der Waals surface area contributed by atoms with E-state index in [0.29, 0.717) is 16.1 Å². The zero-order valence-corrected chi connectivity index (χ0v) is 18.0. The number of hydrogen-bond acceptors (Lipinski definition) is 7. The number of aromatic nitrogens is 1. The number of esters is 1. The normalized spacial score (nSPS) is 15.0. The molecule has 2 heterocycles. The first-order chi connectivity index (χ1) is 15.9. The molecule has 1 atom stereocenters. The van der Waals surface area contributed by atoms with Crippen molar-refractivity contribution in [3.8, 4) is 10.4 Å². The number of anilines is 2. The molecule has 0 aliphatic carbocycles. The number of benzene rings is 2. The highest BCUT2D eigenvalue weighted by molar-refractivity contribution is 7.19. The standard InChI is InChI=1S/C22H17FN4O5S/c1-32-21(31)17-18(11-5-4-6-12(23)9-11)33-22(27-17)26-16(28)10-15-20(30)24-14-8-3-2-7-13(14)19(29)25-15/h2-9,15H,10H2,1H3,(H,24,30)(H,25,29)(H,26,27,28)/t15-/m1/s1. The number of amides is 3. The van der Waals surface area contributed by atoms with Crippen molar-refractivity contribution in [2.24, 2.45) is 0 Å². The lowest BCUT2D eigenvalue weighted by Gasteiger charge is -2.13. The highest BCUT2D eigenvalue weighted by atomic mass is 32.1. The topological polar surface area (TPSA) is 126 Å². The third kappa shape index (κ3) is 4.72. The summed E-state index contributed by atoms with van der Waals surface area (Å²) < 4.78 is 18.4. The van der Waals surface area contributed by atoms with Crippen LogP contribution in [-0.4, -0.2) is 41.8 Å². The number of ether oxygens (including phenoxy) is 1. The monoisotopic (exact) mass is 468 g/mol. The lowest BCUT2D eigenvalue weighted by atomic mass is 10.1. The molecule has 0 fully saturated rings. The summed E-state index contributed by atoms with van der Waals surface area (Å²) in [6.45, 7) is 0. The van der Waals surface area contributed by atoms with Crippen LogP contribution in [0, 0.1) is 5.82 Å². The van der Waals surface area contributed by atoms with E-state index in [1.807, 2.05) is 0 Å². The molecule has 1 aromatic heterocycles. The van der Waals surface area contributed by atoms with Crippen molar-refractivity contribution >= 4 is 45.8 Å². The van der Waals surface area contributed by atoms with E-state index in [4.69, 9.17) is 4.74 Å². The maximum atomic E-state index is 13.7. The van der Waals surface area contributed by atoms with Crippen molar-refractivity contribution in [3.63, 3.8) is 0 Å². The summed E-state index contributed by atoms with van der Waals surface area (Å²) in [5.41, 5.74) is 0.947. The van der Waals surface area contributed by atoms with Gasteiger partial charge in [0.1, 0.15) is 11.9 Å². The molecule has 9 nitrogen and oxygen atoms in total. The molecule has 2 aromatic carbocycles. The van der Waals surface area contributed by atoms with Crippen LogP contribution in [0.3, 0.4) is 0 Å². The molecule has 0 saturated carbocycles. The second kappa shape index (κ2) is 9.17. The van der Waals surface area contributed by atoms with Gasteiger partial charge in [0.2, 0.25) is 11.8 Å². The van der Waals surface area contributed by atoms with E-state index in [2.05, 4.69) is 20.9 Å². The Labute approximate surface area is 191 Å². The van der Waals surface area contributed by atoms with E-state index in [0.717, 1.165) is 11.3 Å². The van der Waals surface area contributed by atoms with Gasteiger partial charge in [0.05, 0.1) is 29.7 Å². The average Bonchev–Trinajstić information content (AvgIpc) is 3.17. The smallest absolute Gasteiger partial charge is 0.358 e. The first-order valence-corrected chi connectivity index (χ1v) is 10.5. The van der Waals surface area contributed by atoms with Crippen LogP contribution in [0.5, 0.6) is 0 Å². The molecule has 3 aromatic rings. The third-order valence-corrected chi connectivity index (χ3v) is 5.80. The number of carbonyl (C=O) groups excluding carboxylic acids is 4. The van der Waals surface area contributed by atoms with E-state index < -0.39 is 35.5 Å². The molecule has 1 aliphatic heterocycles. The van der Waals surface area contributed by atoms with Gasteiger partial charge in [-0.2, -0.15) is 0 Å². The number of carbonyl (C=O) groups is 4. The minimum Gasteiger partial charge on any atom is -0.464 e. The summed E-state index contributed by atoms with van der Waals surface area (Å²) in [7, 11) is 1.18. The predicted octanol–water partition coefficient (Wildman–Crippen LogP) is 2.82. The van der Waals surface area contributed by atoms with Crippen LogP contribution in [0.25, 0.3) is 10.4 Å². The van der Waals surface area contributed by atoms with Crippen molar-refractivity contribution in [2.45, 2.75) is 12.5 Å². The van der Waals surface area contributed by atoms with Crippen LogP contribution in [0.15, 0.2) is 48.5 Å². The Balaban J connectivity index is 1.52. The summed E-state index contributed by atoms with van der Waals surface area (Å²) in [4.78, 5) is 54.1. The second-order valence-corrected chi connectivity index (χ2v) is 8.01. The largest absolute Gasteiger partial charge is 0.464 e. The van der Waals surface area contributed by atoms with Gasteiger partial charge < -0.3 is 20.7 Å². The Kier molecular flexibility index (Phi) is 6.13. The molecule has 1 aliphatic rings. The lowest BCUT2D eigenvalue weighted by Crippen LogP contribution is -2.43. The van der Waals surface area contributed by atoms with Crippen LogP contribution >= 0.6 is 11.3 Å². The Bertz CT molecular complexity index is 1280. The number of thiazole rings is 1. The van der Waals surface area contributed by atoms with Crippen molar-refractivity contribution < 1.29 is 28.3 Å². The van der Waals surface area contributed by atoms with E-state index in [-0.39, 0.29) is 22.8 Å². The van der Waals surface area contributed by atoms with Crippen molar-refractivity contribution in [1.29, 1.82) is 0 Å². The van der Waals surface area contributed by atoms with Crippen LogP contribution in [0.4, 0.5) is 15.2 Å². The molecule has 0 bridgehead atoms. The number of hydrogen-bond donors (Lipinski definition) is 3. The first-order valence-electron chi connectivity index (χ1n) is 9.71. The Hall–Kier alpha value is -4.12. The molecule has 0 radical (unpaired) electrons. The number of halogens is 1. The molecule has 0 saturated heterocycles.